The summed E-state index contributed by atoms with van der Waals surface area (Å²) in [6.07, 6.45) is 8.85. The van der Waals surface area contributed by atoms with Crippen LogP contribution in [-0.2, 0) is 9.47 Å². The molecule has 4 aliphatic rings. The van der Waals surface area contributed by atoms with Gasteiger partial charge in [0.25, 0.3) is 0 Å². The zero-order chi connectivity index (χ0) is 10.4. The Morgan fingerprint density at radius 3 is 1.81 bits per heavy atom. The van der Waals surface area contributed by atoms with E-state index in [0.717, 1.165) is 0 Å². The summed E-state index contributed by atoms with van der Waals surface area (Å²) in [4.78, 5) is 0. The third-order valence-corrected chi connectivity index (χ3v) is 4.26. The van der Waals surface area contributed by atoms with Gasteiger partial charge in [-0.15, -0.1) is 0 Å². The zero-order valence-electron chi connectivity index (χ0n) is 8.59. The molecule has 5 rings (SSSR count). The van der Waals surface area contributed by atoms with E-state index in [1.807, 2.05) is 0 Å². The highest BCUT2D eigenvalue weighted by Gasteiger charge is 2.82. The lowest BCUT2D eigenvalue weighted by Crippen LogP contribution is -2.35. The maximum absolute atomic E-state index is 5.98. The highest BCUT2D eigenvalue weighted by molar-refractivity contribution is 5.56. The van der Waals surface area contributed by atoms with Crippen LogP contribution in [0.5, 0.6) is 0 Å². The van der Waals surface area contributed by atoms with Gasteiger partial charge in [-0.05, 0) is 23.3 Å². The minimum atomic E-state index is -0.194. The van der Waals surface area contributed by atoms with Crippen LogP contribution >= 0.6 is 0 Å². The summed E-state index contributed by atoms with van der Waals surface area (Å²) in [5.41, 5.74) is 2.22. The molecule has 0 unspecified atom stereocenters. The SMILES string of the molecule is C1=C[C@@]23O[C@@H]2c2ccccc2[C@H]2O[C@]23C=C1. The number of rotatable bonds is 0. The van der Waals surface area contributed by atoms with Gasteiger partial charge >= 0.3 is 0 Å². The molecule has 2 spiro atoms. The van der Waals surface area contributed by atoms with Crippen molar-refractivity contribution >= 4 is 0 Å². The van der Waals surface area contributed by atoms with Gasteiger partial charge in [-0.1, -0.05) is 36.4 Å². The van der Waals surface area contributed by atoms with Crippen molar-refractivity contribution in [1.82, 2.24) is 0 Å². The minimum absolute atomic E-state index is 0.194. The Labute approximate surface area is 93.2 Å². The van der Waals surface area contributed by atoms with E-state index in [-0.39, 0.29) is 23.4 Å². The maximum Gasteiger partial charge on any atom is 0.153 e. The van der Waals surface area contributed by atoms with E-state index in [1.54, 1.807) is 0 Å². The molecule has 2 saturated heterocycles. The van der Waals surface area contributed by atoms with Gasteiger partial charge in [-0.2, -0.15) is 0 Å². The first-order chi connectivity index (χ1) is 7.87. The summed E-state index contributed by atoms with van der Waals surface area (Å²) in [6.45, 7) is 0. The number of fused-ring (bicyclic) bond motifs is 3. The molecule has 78 valence electrons. The largest absolute Gasteiger partial charge is 0.353 e. The molecule has 2 fully saturated rings. The third kappa shape index (κ3) is 0.593. The number of allylic oxidation sites excluding steroid dienone is 2. The average Bonchev–Trinajstić information content (AvgIpc) is 3.18. The van der Waals surface area contributed by atoms with Crippen molar-refractivity contribution in [3.63, 3.8) is 0 Å². The van der Waals surface area contributed by atoms with Crippen LogP contribution in [0.25, 0.3) is 0 Å². The van der Waals surface area contributed by atoms with E-state index < -0.39 is 0 Å². The van der Waals surface area contributed by atoms with Crippen LogP contribution in [0, 0.1) is 0 Å². The van der Waals surface area contributed by atoms with Gasteiger partial charge < -0.3 is 9.47 Å². The normalized spacial score (nSPS) is 48.8. The predicted octanol–water partition coefficient (Wildman–Crippen LogP) is 2.45. The first-order valence-corrected chi connectivity index (χ1v) is 5.69. The van der Waals surface area contributed by atoms with Crippen molar-refractivity contribution in [2.45, 2.75) is 23.4 Å². The van der Waals surface area contributed by atoms with E-state index in [1.165, 1.54) is 11.1 Å². The fraction of sp³-hybridized carbons (Fsp3) is 0.286. The maximum atomic E-state index is 5.98. The van der Waals surface area contributed by atoms with Crippen molar-refractivity contribution in [2.75, 3.05) is 0 Å². The number of ether oxygens (including phenoxy) is 2. The molecule has 2 aliphatic heterocycles. The average molecular weight is 210 g/mol. The van der Waals surface area contributed by atoms with Gasteiger partial charge in [0.2, 0.25) is 0 Å². The van der Waals surface area contributed by atoms with Gasteiger partial charge in [-0.3, -0.25) is 0 Å². The van der Waals surface area contributed by atoms with E-state index in [2.05, 4.69) is 48.6 Å². The molecule has 2 nitrogen and oxygen atoms in total. The minimum Gasteiger partial charge on any atom is -0.353 e. The van der Waals surface area contributed by atoms with Gasteiger partial charge in [0.05, 0.1) is 0 Å². The summed E-state index contributed by atoms with van der Waals surface area (Å²) in [5, 5.41) is 0. The Hall–Kier alpha value is -1.38. The smallest absolute Gasteiger partial charge is 0.153 e. The fourth-order valence-electron chi connectivity index (χ4n) is 3.40. The number of epoxide rings is 2. The first-order valence-electron chi connectivity index (χ1n) is 5.69. The number of benzene rings is 1. The summed E-state index contributed by atoms with van der Waals surface area (Å²) in [7, 11) is 0. The van der Waals surface area contributed by atoms with Crippen LogP contribution in [0.1, 0.15) is 23.3 Å². The quantitative estimate of drug-likeness (QED) is 0.614. The number of hydrogen-bond acceptors (Lipinski definition) is 2. The zero-order valence-corrected chi connectivity index (χ0v) is 8.59. The molecule has 2 aliphatic carbocycles. The van der Waals surface area contributed by atoms with Crippen LogP contribution in [0.3, 0.4) is 0 Å². The second-order valence-corrected chi connectivity index (χ2v) is 4.93. The van der Waals surface area contributed by atoms with Gasteiger partial charge in [0, 0.05) is 0 Å². The highest BCUT2D eigenvalue weighted by atomic mass is 16.7. The van der Waals surface area contributed by atoms with Crippen LogP contribution in [0.4, 0.5) is 0 Å². The summed E-state index contributed by atoms with van der Waals surface area (Å²) < 4.78 is 12.0. The molecule has 0 N–H and O–H groups in total. The van der Waals surface area contributed by atoms with Gasteiger partial charge in [0.1, 0.15) is 12.2 Å². The van der Waals surface area contributed by atoms with Crippen molar-refractivity contribution in [3.8, 4) is 0 Å². The summed E-state index contributed by atoms with van der Waals surface area (Å²) >= 11 is 0. The molecule has 0 bridgehead atoms. The predicted molar refractivity (Wildman–Crippen MR) is 57.8 cm³/mol. The molecule has 2 heterocycles. The second kappa shape index (κ2) is 2.04. The Balaban J connectivity index is 1.82. The van der Waals surface area contributed by atoms with Gasteiger partial charge in [0.15, 0.2) is 11.2 Å². The van der Waals surface area contributed by atoms with E-state index in [9.17, 15) is 0 Å². The van der Waals surface area contributed by atoms with Crippen molar-refractivity contribution in [2.24, 2.45) is 0 Å². The van der Waals surface area contributed by atoms with Crippen LogP contribution in [0.15, 0.2) is 48.6 Å². The molecular weight excluding hydrogens is 200 g/mol. The molecule has 1 aromatic rings. The topological polar surface area (TPSA) is 25.1 Å². The molecule has 0 amide bonds. The molecule has 4 atom stereocenters. The second-order valence-electron chi connectivity index (χ2n) is 4.93. The molecule has 16 heavy (non-hydrogen) atoms. The lowest BCUT2D eigenvalue weighted by molar-refractivity contribution is 0.220. The Morgan fingerprint density at radius 2 is 1.31 bits per heavy atom. The molecule has 2 heteroatoms. The molecular formula is C14H10O2. The van der Waals surface area contributed by atoms with Crippen LogP contribution < -0.4 is 0 Å². The summed E-state index contributed by atoms with van der Waals surface area (Å²) in [6, 6.07) is 8.47. The van der Waals surface area contributed by atoms with Crippen molar-refractivity contribution in [1.29, 1.82) is 0 Å². The van der Waals surface area contributed by atoms with E-state index >= 15 is 0 Å². The molecule has 1 aromatic carbocycles. The van der Waals surface area contributed by atoms with Gasteiger partial charge in [-0.25, -0.2) is 0 Å². The monoisotopic (exact) mass is 210 g/mol. The third-order valence-electron chi connectivity index (χ3n) is 4.26. The first kappa shape index (κ1) is 7.82. The standard InChI is InChI=1S/C14H10O2/c1-2-6-10-9(5-1)11-13(15-11)7-3-4-8-14(13)12(10)16-14/h1-8,11-12H/t11-,12-,13-,14-/m1/s1. The van der Waals surface area contributed by atoms with Crippen LogP contribution in [0.2, 0.25) is 0 Å². The lowest BCUT2D eigenvalue weighted by atomic mass is 9.74. The highest BCUT2D eigenvalue weighted by Crippen LogP contribution is 2.75. The summed E-state index contributed by atoms with van der Waals surface area (Å²) in [5.74, 6) is 0. The Kier molecular flexibility index (Phi) is 0.997. The number of hydrogen-bond donors (Lipinski definition) is 0. The molecule has 0 aromatic heterocycles. The van der Waals surface area contributed by atoms with Crippen molar-refractivity contribution in [3.05, 3.63) is 59.7 Å². The molecule has 0 saturated carbocycles. The van der Waals surface area contributed by atoms with E-state index in [0.29, 0.717) is 0 Å². The fourth-order valence-corrected chi connectivity index (χ4v) is 3.40. The van der Waals surface area contributed by atoms with Crippen LogP contribution in [-0.4, -0.2) is 11.2 Å². The van der Waals surface area contributed by atoms with Crippen molar-refractivity contribution < 1.29 is 9.47 Å². The lowest BCUT2D eigenvalue weighted by Gasteiger charge is -2.22. The Bertz CT molecular complexity index is 523. The van der Waals surface area contributed by atoms with E-state index in [4.69, 9.17) is 9.47 Å². The Morgan fingerprint density at radius 1 is 0.812 bits per heavy atom. The molecule has 0 radical (unpaired) electrons.